The Morgan fingerprint density at radius 3 is 2.45 bits per heavy atom. The molecule has 0 saturated heterocycles. The molecule has 0 saturated carbocycles. The molecule has 0 aromatic heterocycles. The highest BCUT2D eigenvalue weighted by Crippen LogP contribution is 2.32. The van der Waals surface area contributed by atoms with Gasteiger partial charge in [-0.2, -0.15) is 0 Å². The molecule has 1 heteroatoms. The van der Waals surface area contributed by atoms with Gasteiger partial charge in [-0.1, -0.05) is 42.5 Å². The minimum absolute atomic E-state index is 0.971. The van der Waals surface area contributed by atoms with E-state index >= 15 is 0 Å². The first-order chi connectivity index (χ1) is 9.54. The molecule has 0 amide bonds. The third kappa shape index (κ3) is 2.72. The molecule has 0 heterocycles. The van der Waals surface area contributed by atoms with Crippen LogP contribution in [0.25, 0.3) is 5.57 Å². The van der Waals surface area contributed by atoms with E-state index in [1.807, 2.05) is 31.3 Å². The minimum atomic E-state index is 0.971. The van der Waals surface area contributed by atoms with Gasteiger partial charge in [0.05, 0.1) is 5.69 Å². The van der Waals surface area contributed by atoms with Crippen molar-refractivity contribution in [2.24, 2.45) is 4.99 Å². The van der Waals surface area contributed by atoms with E-state index in [1.54, 1.807) is 0 Å². The predicted octanol–water partition coefficient (Wildman–Crippen LogP) is 5.40. The van der Waals surface area contributed by atoms with E-state index in [-0.39, 0.29) is 0 Å². The number of aryl methyl sites for hydroxylation is 2. The zero-order chi connectivity index (χ0) is 14.7. The maximum atomic E-state index is 4.44. The Labute approximate surface area is 121 Å². The van der Waals surface area contributed by atoms with E-state index in [9.17, 15) is 0 Å². The van der Waals surface area contributed by atoms with Crippen molar-refractivity contribution in [2.75, 3.05) is 0 Å². The van der Waals surface area contributed by atoms with E-state index < -0.39 is 0 Å². The van der Waals surface area contributed by atoms with Crippen LogP contribution in [0.4, 0.5) is 5.69 Å². The molecule has 0 unspecified atom stereocenters. The fraction of sp³-hybridized carbons (Fsp3) is 0.211. The van der Waals surface area contributed by atoms with E-state index in [2.05, 4.69) is 50.5 Å². The monoisotopic (exact) mass is 263 g/mol. The Balaban J connectivity index is 2.58. The van der Waals surface area contributed by atoms with E-state index in [0.29, 0.717) is 0 Å². The molecule has 0 aliphatic rings. The Morgan fingerprint density at radius 2 is 1.75 bits per heavy atom. The lowest BCUT2D eigenvalue weighted by atomic mass is 9.91. The SMILES string of the molecule is C=C(c1ccccc1/N=C\C)c1cc(C)cc(C)c1C. The summed E-state index contributed by atoms with van der Waals surface area (Å²) in [5.74, 6) is 0. The van der Waals surface area contributed by atoms with Gasteiger partial charge in [0.25, 0.3) is 0 Å². The van der Waals surface area contributed by atoms with Crippen molar-refractivity contribution in [3.8, 4) is 0 Å². The highest BCUT2D eigenvalue weighted by molar-refractivity contribution is 5.86. The van der Waals surface area contributed by atoms with Gasteiger partial charge in [-0.25, -0.2) is 0 Å². The Bertz CT molecular complexity index is 678. The average Bonchev–Trinajstić information content (AvgIpc) is 2.43. The quantitative estimate of drug-likeness (QED) is 0.658. The van der Waals surface area contributed by atoms with Crippen molar-refractivity contribution in [1.29, 1.82) is 0 Å². The summed E-state index contributed by atoms with van der Waals surface area (Å²) < 4.78 is 0. The zero-order valence-corrected chi connectivity index (χ0v) is 12.7. The lowest BCUT2D eigenvalue weighted by molar-refractivity contribution is 1.27. The molecular formula is C19H21N. The van der Waals surface area contributed by atoms with Gasteiger partial charge < -0.3 is 0 Å². The molecule has 2 aromatic carbocycles. The third-order valence-electron chi connectivity index (χ3n) is 3.63. The van der Waals surface area contributed by atoms with Crippen molar-refractivity contribution < 1.29 is 0 Å². The largest absolute Gasteiger partial charge is 0.261 e. The molecule has 1 nitrogen and oxygen atoms in total. The van der Waals surface area contributed by atoms with E-state index in [0.717, 1.165) is 16.8 Å². The Morgan fingerprint density at radius 1 is 1.05 bits per heavy atom. The topological polar surface area (TPSA) is 12.4 Å². The maximum Gasteiger partial charge on any atom is 0.0703 e. The lowest BCUT2D eigenvalue weighted by Gasteiger charge is -2.15. The summed E-state index contributed by atoms with van der Waals surface area (Å²) in [6, 6.07) is 12.6. The van der Waals surface area contributed by atoms with E-state index in [4.69, 9.17) is 0 Å². The van der Waals surface area contributed by atoms with Crippen molar-refractivity contribution in [2.45, 2.75) is 27.7 Å². The maximum absolute atomic E-state index is 4.44. The molecule has 2 rings (SSSR count). The van der Waals surface area contributed by atoms with Crippen LogP contribution in [-0.2, 0) is 0 Å². The molecule has 0 aliphatic heterocycles. The highest BCUT2D eigenvalue weighted by Gasteiger charge is 2.11. The van der Waals surface area contributed by atoms with Gasteiger partial charge in [-0.3, -0.25) is 4.99 Å². The first kappa shape index (κ1) is 14.3. The van der Waals surface area contributed by atoms with Crippen LogP contribution in [0.2, 0.25) is 0 Å². The number of para-hydroxylation sites is 1. The van der Waals surface area contributed by atoms with Gasteiger partial charge in [0.15, 0.2) is 0 Å². The number of benzene rings is 2. The van der Waals surface area contributed by atoms with Crippen molar-refractivity contribution in [3.05, 3.63) is 70.8 Å². The standard InChI is InChI=1S/C19H21N/c1-6-20-19-10-8-7-9-17(19)16(5)18-12-13(2)11-14(3)15(18)4/h6-12H,5H2,1-4H3/b20-6-. The van der Waals surface area contributed by atoms with Crippen LogP contribution in [0.5, 0.6) is 0 Å². The van der Waals surface area contributed by atoms with Gasteiger partial charge >= 0.3 is 0 Å². The van der Waals surface area contributed by atoms with Gasteiger partial charge in [0, 0.05) is 11.8 Å². The van der Waals surface area contributed by atoms with Crippen LogP contribution >= 0.6 is 0 Å². The Kier molecular flexibility index (Phi) is 4.19. The molecule has 0 bridgehead atoms. The number of rotatable bonds is 3. The number of aliphatic imine (C=N–C) groups is 1. The smallest absolute Gasteiger partial charge is 0.0703 e. The molecule has 20 heavy (non-hydrogen) atoms. The third-order valence-corrected chi connectivity index (χ3v) is 3.63. The molecule has 0 atom stereocenters. The van der Waals surface area contributed by atoms with Crippen LogP contribution in [0.3, 0.4) is 0 Å². The van der Waals surface area contributed by atoms with Crippen LogP contribution in [-0.4, -0.2) is 6.21 Å². The summed E-state index contributed by atoms with van der Waals surface area (Å²) >= 11 is 0. The first-order valence-corrected chi connectivity index (χ1v) is 6.89. The molecule has 0 fully saturated rings. The normalized spacial score (nSPS) is 11.0. The second-order valence-electron chi connectivity index (χ2n) is 5.14. The van der Waals surface area contributed by atoms with Crippen molar-refractivity contribution in [1.82, 2.24) is 0 Å². The fourth-order valence-electron chi connectivity index (χ4n) is 2.48. The molecule has 0 radical (unpaired) electrons. The summed E-state index contributed by atoms with van der Waals surface area (Å²) in [4.78, 5) is 4.44. The summed E-state index contributed by atoms with van der Waals surface area (Å²) in [6.45, 7) is 12.7. The van der Waals surface area contributed by atoms with Gasteiger partial charge in [0.2, 0.25) is 0 Å². The van der Waals surface area contributed by atoms with Crippen molar-refractivity contribution in [3.63, 3.8) is 0 Å². The van der Waals surface area contributed by atoms with E-state index in [1.165, 1.54) is 22.3 Å². The molecular weight excluding hydrogens is 242 g/mol. The number of nitrogens with zero attached hydrogens (tertiary/aromatic N) is 1. The second-order valence-corrected chi connectivity index (χ2v) is 5.14. The van der Waals surface area contributed by atoms with Gasteiger partial charge in [-0.05, 0) is 56.0 Å². The summed E-state index contributed by atoms with van der Waals surface area (Å²) in [5.41, 5.74) is 8.17. The predicted molar refractivity (Wildman–Crippen MR) is 89.1 cm³/mol. The number of hydrogen-bond donors (Lipinski definition) is 0. The molecule has 0 aliphatic carbocycles. The minimum Gasteiger partial charge on any atom is -0.261 e. The lowest BCUT2D eigenvalue weighted by Crippen LogP contribution is -1.95. The van der Waals surface area contributed by atoms with Gasteiger partial charge in [0.1, 0.15) is 0 Å². The molecule has 2 aromatic rings. The first-order valence-electron chi connectivity index (χ1n) is 6.89. The van der Waals surface area contributed by atoms with Crippen LogP contribution in [0, 0.1) is 20.8 Å². The summed E-state index contributed by atoms with van der Waals surface area (Å²) in [6.07, 6.45) is 1.82. The average molecular weight is 263 g/mol. The highest BCUT2D eigenvalue weighted by atomic mass is 14.7. The van der Waals surface area contributed by atoms with Gasteiger partial charge in [-0.15, -0.1) is 0 Å². The summed E-state index contributed by atoms with van der Waals surface area (Å²) in [5, 5.41) is 0. The van der Waals surface area contributed by atoms with Crippen LogP contribution in [0.15, 0.2) is 48.0 Å². The van der Waals surface area contributed by atoms with Crippen molar-refractivity contribution >= 4 is 17.5 Å². The summed E-state index contributed by atoms with van der Waals surface area (Å²) in [7, 11) is 0. The number of hydrogen-bond acceptors (Lipinski definition) is 1. The fourth-order valence-corrected chi connectivity index (χ4v) is 2.48. The molecule has 102 valence electrons. The van der Waals surface area contributed by atoms with Crippen LogP contribution < -0.4 is 0 Å². The molecule has 0 N–H and O–H groups in total. The zero-order valence-electron chi connectivity index (χ0n) is 12.7. The van der Waals surface area contributed by atoms with Crippen LogP contribution in [0.1, 0.15) is 34.7 Å². The molecule has 0 spiro atoms. The second kappa shape index (κ2) is 5.87. The Hall–Kier alpha value is -2.15.